The summed E-state index contributed by atoms with van der Waals surface area (Å²) in [5.41, 5.74) is 18.6. The minimum atomic E-state index is -0.675. The summed E-state index contributed by atoms with van der Waals surface area (Å²) in [6.45, 7) is 0. The molecule has 2 aliphatic heterocycles. The molecule has 0 amide bonds. The highest BCUT2D eigenvalue weighted by molar-refractivity contribution is 6.11. The van der Waals surface area contributed by atoms with Gasteiger partial charge in [-0.15, -0.1) is 0 Å². The van der Waals surface area contributed by atoms with Crippen LogP contribution in [0, 0.1) is 0 Å². The second-order valence-corrected chi connectivity index (χ2v) is 18.6. The highest BCUT2D eigenvalue weighted by atomic mass is 16.5. The van der Waals surface area contributed by atoms with Crippen molar-refractivity contribution in [2.24, 2.45) is 0 Å². The topological polar surface area (TPSA) is 21.7 Å². The van der Waals surface area contributed by atoms with Gasteiger partial charge in [-0.25, -0.2) is 0 Å². The fraction of sp³-hybridized carbons (Fsp3) is 0.0303. The van der Waals surface area contributed by atoms with E-state index in [4.69, 9.17) is 9.47 Å². The van der Waals surface area contributed by atoms with Gasteiger partial charge in [0.25, 0.3) is 0 Å². The molecule has 0 atom stereocenters. The monoisotopic (exact) mass is 879 g/mol. The lowest BCUT2D eigenvalue weighted by Crippen LogP contribution is -2.32. The molecule has 3 nitrogen and oxygen atoms in total. The molecule has 2 heterocycles. The molecule has 15 rings (SSSR count). The van der Waals surface area contributed by atoms with Crippen LogP contribution in [0.25, 0.3) is 44.2 Å². The Balaban J connectivity index is 1.11. The highest BCUT2D eigenvalue weighted by Crippen LogP contribution is 2.68. The Morgan fingerprint density at radius 1 is 0.261 bits per heavy atom. The van der Waals surface area contributed by atoms with Crippen molar-refractivity contribution in [3.05, 3.63) is 293 Å². The van der Waals surface area contributed by atoms with E-state index in [0.29, 0.717) is 0 Å². The Bertz CT molecular complexity index is 3850. The van der Waals surface area contributed by atoms with Gasteiger partial charge in [0, 0.05) is 38.9 Å². The van der Waals surface area contributed by atoms with Crippen molar-refractivity contribution < 1.29 is 9.47 Å². The van der Waals surface area contributed by atoms with E-state index in [1.54, 1.807) is 0 Å². The van der Waals surface area contributed by atoms with E-state index in [1.165, 1.54) is 55.3 Å². The van der Waals surface area contributed by atoms with Gasteiger partial charge in [-0.2, -0.15) is 0 Å². The predicted molar refractivity (Wildman–Crippen MR) is 279 cm³/mol. The first kappa shape index (κ1) is 38.2. The molecule has 4 aliphatic rings. The lowest BCUT2D eigenvalue weighted by atomic mass is 9.66. The van der Waals surface area contributed by atoms with Crippen LogP contribution in [-0.4, -0.2) is 0 Å². The molecule has 11 aromatic carbocycles. The van der Waals surface area contributed by atoms with Gasteiger partial charge in [-0.05, 0) is 92.2 Å². The highest BCUT2D eigenvalue weighted by Gasteiger charge is 2.54. The molecular weight excluding hydrogens is 839 g/mol. The third-order valence-corrected chi connectivity index (χ3v) is 15.4. The maximum Gasteiger partial charge on any atom is 0.132 e. The number of nitrogens with zero attached hydrogens (tertiary/aromatic N) is 1. The van der Waals surface area contributed by atoms with Gasteiger partial charge in [0.1, 0.15) is 23.0 Å². The summed E-state index contributed by atoms with van der Waals surface area (Å²) in [5.74, 6) is 3.50. The van der Waals surface area contributed by atoms with Crippen LogP contribution in [0.3, 0.4) is 0 Å². The second-order valence-electron chi connectivity index (χ2n) is 18.6. The molecule has 69 heavy (non-hydrogen) atoms. The zero-order chi connectivity index (χ0) is 45.3. The molecule has 0 N–H and O–H groups in total. The zero-order valence-electron chi connectivity index (χ0n) is 37.4. The van der Waals surface area contributed by atoms with E-state index < -0.39 is 10.8 Å². The van der Waals surface area contributed by atoms with Gasteiger partial charge < -0.3 is 14.4 Å². The Labute approximate surface area is 400 Å². The number of hydrogen-bond acceptors (Lipinski definition) is 3. The first-order valence-electron chi connectivity index (χ1n) is 23.8. The van der Waals surface area contributed by atoms with Crippen molar-refractivity contribution in [3.8, 4) is 56.4 Å². The quantitative estimate of drug-likeness (QED) is 0.176. The van der Waals surface area contributed by atoms with Crippen LogP contribution in [-0.2, 0) is 10.8 Å². The van der Waals surface area contributed by atoms with Gasteiger partial charge in [0.2, 0.25) is 0 Å². The van der Waals surface area contributed by atoms with E-state index >= 15 is 0 Å². The van der Waals surface area contributed by atoms with Gasteiger partial charge >= 0.3 is 0 Å². The lowest BCUT2D eigenvalue weighted by Gasteiger charge is -2.40. The fourth-order valence-corrected chi connectivity index (χ4v) is 12.9. The smallest absolute Gasteiger partial charge is 0.132 e. The average molecular weight is 880 g/mol. The van der Waals surface area contributed by atoms with Crippen LogP contribution < -0.4 is 14.4 Å². The van der Waals surface area contributed by atoms with Gasteiger partial charge in [-0.1, -0.05) is 206 Å². The minimum Gasteiger partial charge on any atom is -0.457 e. The first-order valence-corrected chi connectivity index (χ1v) is 23.8. The van der Waals surface area contributed by atoms with Crippen LogP contribution in [0.2, 0.25) is 0 Å². The first-order chi connectivity index (χ1) is 34.3. The standard InChI is InChI=1S/C66H41NO2/c1-2-20-42(21-3-1)44-23-7-13-33-55(44)67(56-34-18-31-52-62(56)46-25-6-8-26-47(46)65(52)48-27-9-14-36-58(48)68-59-37-15-10-28-49(59)65)57-35-19-32-53-64(57)63-45-24-5-4-22-43(45)40-41-54(63)66(53)50-29-11-16-38-60(50)69-61-39-17-12-30-51(61)66/h1-41H. The molecule has 2 spiro atoms. The van der Waals surface area contributed by atoms with E-state index in [2.05, 4.69) is 254 Å². The summed E-state index contributed by atoms with van der Waals surface area (Å²) in [7, 11) is 0. The summed E-state index contributed by atoms with van der Waals surface area (Å²) in [5, 5.41) is 2.42. The summed E-state index contributed by atoms with van der Waals surface area (Å²) in [4.78, 5) is 2.59. The van der Waals surface area contributed by atoms with Crippen LogP contribution in [0.15, 0.2) is 249 Å². The Kier molecular flexibility index (Phi) is 7.92. The molecular formula is C66H41NO2. The maximum absolute atomic E-state index is 6.83. The van der Waals surface area contributed by atoms with Crippen LogP contribution >= 0.6 is 0 Å². The SMILES string of the molecule is c1ccc(-c2ccccc2N(c2cccc3c2-c2ccccc2C32c3ccccc3Oc3ccccc32)c2cccc3c2-c2c(ccc4ccccc24)C32c3ccccc3Oc3ccccc32)cc1. The second kappa shape index (κ2) is 14.3. The number of ether oxygens (including phenoxy) is 2. The predicted octanol–water partition coefficient (Wildman–Crippen LogP) is 16.9. The molecule has 0 aromatic heterocycles. The van der Waals surface area contributed by atoms with Gasteiger partial charge in [-0.3, -0.25) is 0 Å². The van der Waals surface area contributed by atoms with E-state index in [9.17, 15) is 0 Å². The summed E-state index contributed by atoms with van der Waals surface area (Å²) >= 11 is 0. The molecule has 0 fully saturated rings. The largest absolute Gasteiger partial charge is 0.457 e. The number of para-hydroxylation sites is 5. The van der Waals surface area contributed by atoms with Crippen LogP contribution in [0.5, 0.6) is 23.0 Å². The molecule has 3 heteroatoms. The van der Waals surface area contributed by atoms with E-state index in [-0.39, 0.29) is 0 Å². The van der Waals surface area contributed by atoms with Crippen molar-refractivity contribution in [1.29, 1.82) is 0 Å². The van der Waals surface area contributed by atoms with E-state index in [0.717, 1.165) is 73.4 Å². The Hall–Kier alpha value is -8.92. The molecule has 11 aromatic rings. The van der Waals surface area contributed by atoms with Crippen LogP contribution in [0.1, 0.15) is 44.5 Å². The number of hydrogen-bond donors (Lipinski definition) is 0. The maximum atomic E-state index is 6.83. The molecule has 0 radical (unpaired) electrons. The Morgan fingerprint density at radius 3 is 1.30 bits per heavy atom. The van der Waals surface area contributed by atoms with Crippen molar-refractivity contribution in [1.82, 2.24) is 0 Å². The molecule has 2 aliphatic carbocycles. The van der Waals surface area contributed by atoms with Crippen molar-refractivity contribution >= 4 is 27.8 Å². The Morgan fingerprint density at radius 2 is 0.681 bits per heavy atom. The fourth-order valence-electron chi connectivity index (χ4n) is 12.9. The summed E-state index contributed by atoms with van der Waals surface area (Å²) in [6, 6.07) is 91.1. The number of fused-ring (bicyclic) bond motifs is 20. The molecule has 0 saturated carbocycles. The number of benzene rings is 11. The van der Waals surface area contributed by atoms with Crippen molar-refractivity contribution in [2.45, 2.75) is 10.8 Å². The van der Waals surface area contributed by atoms with Crippen molar-refractivity contribution in [3.63, 3.8) is 0 Å². The molecule has 0 bridgehead atoms. The van der Waals surface area contributed by atoms with Gasteiger partial charge in [0.05, 0.1) is 27.9 Å². The molecule has 0 saturated heterocycles. The normalized spacial score (nSPS) is 14.3. The molecule has 0 unspecified atom stereocenters. The lowest BCUT2D eigenvalue weighted by molar-refractivity contribution is 0.436. The minimum absolute atomic E-state index is 0.640. The number of rotatable bonds is 4. The third-order valence-electron chi connectivity index (χ3n) is 15.4. The third kappa shape index (κ3) is 4.96. The summed E-state index contributed by atoms with van der Waals surface area (Å²) < 4.78 is 13.6. The van der Waals surface area contributed by atoms with Crippen molar-refractivity contribution in [2.75, 3.05) is 4.90 Å². The zero-order valence-corrected chi connectivity index (χ0v) is 37.4. The van der Waals surface area contributed by atoms with Crippen LogP contribution in [0.4, 0.5) is 17.1 Å². The van der Waals surface area contributed by atoms with Gasteiger partial charge in [0.15, 0.2) is 0 Å². The summed E-state index contributed by atoms with van der Waals surface area (Å²) in [6.07, 6.45) is 0. The molecule has 322 valence electrons. The van der Waals surface area contributed by atoms with E-state index in [1.807, 2.05) is 0 Å². The average Bonchev–Trinajstić information content (AvgIpc) is 3.89. The number of anilines is 3.